The predicted molar refractivity (Wildman–Crippen MR) is 88.8 cm³/mol. The van der Waals surface area contributed by atoms with Gasteiger partial charge in [0.15, 0.2) is 0 Å². The van der Waals surface area contributed by atoms with Crippen molar-refractivity contribution >= 4 is 44.7 Å². The maximum absolute atomic E-state index is 12.2. The standard InChI is InChI=1S/C14H12BrN3O2S/c1-20-12-5-3-9(15)6-11(12)18-14(19)10-4-2-8(7-17-10)13(16)21/h2-7H,1H3,(H2,16,21)(H,18,19). The number of halogens is 1. The number of thiocarbonyl (C=S) groups is 1. The summed E-state index contributed by atoms with van der Waals surface area (Å²) in [6.07, 6.45) is 1.47. The van der Waals surface area contributed by atoms with Crippen molar-refractivity contribution in [3.05, 3.63) is 52.3 Å². The number of benzene rings is 1. The molecule has 0 unspecified atom stereocenters. The number of pyridine rings is 1. The van der Waals surface area contributed by atoms with Crippen molar-refractivity contribution in [1.29, 1.82) is 0 Å². The average molecular weight is 366 g/mol. The van der Waals surface area contributed by atoms with Gasteiger partial charge >= 0.3 is 0 Å². The van der Waals surface area contributed by atoms with Crippen LogP contribution >= 0.6 is 28.1 Å². The number of nitrogens with zero attached hydrogens (tertiary/aromatic N) is 1. The molecule has 108 valence electrons. The first-order valence-electron chi connectivity index (χ1n) is 5.92. The van der Waals surface area contributed by atoms with Crippen LogP contribution in [0.3, 0.4) is 0 Å². The highest BCUT2D eigenvalue weighted by molar-refractivity contribution is 9.10. The first kappa shape index (κ1) is 15.4. The number of nitrogens with two attached hydrogens (primary N) is 1. The number of methoxy groups -OCH3 is 1. The number of aromatic nitrogens is 1. The van der Waals surface area contributed by atoms with E-state index in [1.165, 1.54) is 13.3 Å². The molecule has 0 atom stereocenters. The van der Waals surface area contributed by atoms with Gasteiger partial charge in [0.25, 0.3) is 5.91 Å². The molecular weight excluding hydrogens is 354 g/mol. The van der Waals surface area contributed by atoms with Gasteiger partial charge in [-0.2, -0.15) is 0 Å². The summed E-state index contributed by atoms with van der Waals surface area (Å²) in [6, 6.07) is 8.55. The Kier molecular flexibility index (Phi) is 4.87. The van der Waals surface area contributed by atoms with Crippen LogP contribution < -0.4 is 15.8 Å². The minimum absolute atomic E-state index is 0.239. The van der Waals surface area contributed by atoms with Crippen molar-refractivity contribution < 1.29 is 9.53 Å². The summed E-state index contributed by atoms with van der Waals surface area (Å²) in [6.45, 7) is 0. The fourth-order valence-corrected chi connectivity index (χ4v) is 2.12. The molecule has 0 aliphatic carbocycles. The second kappa shape index (κ2) is 6.64. The highest BCUT2D eigenvalue weighted by Gasteiger charge is 2.11. The minimum atomic E-state index is -0.346. The number of hydrogen-bond donors (Lipinski definition) is 2. The number of ether oxygens (including phenoxy) is 1. The van der Waals surface area contributed by atoms with E-state index in [-0.39, 0.29) is 16.6 Å². The van der Waals surface area contributed by atoms with Crippen LogP contribution in [0.2, 0.25) is 0 Å². The van der Waals surface area contributed by atoms with Gasteiger partial charge in [0, 0.05) is 16.2 Å². The lowest BCUT2D eigenvalue weighted by molar-refractivity contribution is 0.102. The lowest BCUT2D eigenvalue weighted by atomic mass is 10.2. The SMILES string of the molecule is COc1ccc(Br)cc1NC(=O)c1ccc(C(N)=S)cn1. The smallest absolute Gasteiger partial charge is 0.274 e. The number of anilines is 1. The van der Waals surface area contributed by atoms with Crippen molar-refractivity contribution in [3.8, 4) is 5.75 Å². The summed E-state index contributed by atoms with van der Waals surface area (Å²) >= 11 is 8.19. The number of hydrogen-bond acceptors (Lipinski definition) is 4. The Labute approximate surface area is 135 Å². The topological polar surface area (TPSA) is 77.2 Å². The van der Waals surface area contributed by atoms with E-state index in [9.17, 15) is 4.79 Å². The van der Waals surface area contributed by atoms with Gasteiger partial charge in [0.1, 0.15) is 16.4 Å². The van der Waals surface area contributed by atoms with E-state index in [0.29, 0.717) is 17.0 Å². The molecule has 0 saturated heterocycles. The van der Waals surface area contributed by atoms with E-state index >= 15 is 0 Å². The van der Waals surface area contributed by atoms with E-state index in [1.807, 2.05) is 6.07 Å². The Morgan fingerprint density at radius 3 is 2.71 bits per heavy atom. The lowest BCUT2D eigenvalue weighted by Gasteiger charge is -2.10. The van der Waals surface area contributed by atoms with Gasteiger partial charge in [0.2, 0.25) is 0 Å². The van der Waals surface area contributed by atoms with Crippen LogP contribution in [0, 0.1) is 0 Å². The fourth-order valence-electron chi connectivity index (χ4n) is 1.64. The third kappa shape index (κ3) is 3.77. The molecule has 0 saturated carbocycles. The number of carbonyl (C=O) groups is 1. The van der Waals surface area contributed by atoms with Crippen molar-refractivity contribution in [1.82, 2.24) is 4.98 Å². The third-order valence-corrected chi connectivity index (χ3v) is 3.42. The normalized spacial score (nSPS) is 10.0. The summed E-state index contributed by atoms with van der Waals surface area (Å²) in [4.78, 5) is 16.4. The molecular formula is C14H12BrN3O2S. The third-order valence-electron chi connectivity index (χ3n) is 2.69. The van der Waals surface area contributed by atoms with Crippen molar-refractivity contribution in [3.63, 3.8) is 0 Å². The summed E-state index contributed by atoms with van der Waals surface area (Å²) in [5.74, 6) is 0.215. The molecule has 5 nitrogen and oxygen atoms in total. The fraction of sp³-hybridized carbons (Fsp3) is 0.0714. The molecule has 0 radical (unpaired) electrons. The number of amides is 1. The van der Waals surface area contributed by atoms with Gasteiger partial charge in [-0.05, 0) is 30.3 Å². The monoisotopic (exact) mass is 365 g/mol. The van der Waals surface area contributed by atoms with Crippen LogP contribution in [0.1, 0.15) is 16.1 Å². The number of nitrogens with one attached hydrogen (secondary N) is 1. The Morgan fingerprint density at radius 1 is 1.38 bits per heavy atom. The van der Waals surface area contributed by atoms with E-state index < -0.39 is 0 Å². The quantitative estimate of drug-likeness (QED) is 0.814. The highest BCUT2D eigenvalue weighted by Crippen LogP contribution is 2.28. The molecule has 1 aromatic heterocycles. The summed E-state index contributed by atoms with van der Waals surface area (Å²) in [5.41, 5.74) is 6.91. The Bertz CT molecular complexity index is 689. The van der Waals surface area contributed by atoms with Crippen LogP contribution in [0.15, 0.2) is 41.0 Å². The molecule has 1 heterocycles. The Hall–Kier alpha value is -1.99. The molecule has 3 N–H and O–H groups in total. The zero-order chi connectivity index (χ0) is 15.4. The first-order chi connectivity index (χ1) is 10.0. The van der Waals surface area contributed by atoms with Gasteiger partial charge < -0.3 is 15.8 Å². The molecule has 0 aliphatic heterocycles. The maximum atomic E-state index is 12.2. The summed E-state index contributed by atoms with van der Waals surface area (Å²) < 4.78 is 6.03. The maximum Gasteiger partial charge on any atom is 0.274 e. The molecule has 1 aromatic carbocycles. The zero-order valence-electron chi connectivity index (χ0n) is 11.1. The first-order valence-corrected chi connectivity index (χ1v) is 7.12. The molecule has 0 aliphatic rings. The van der Waals surface area contributed by atoms with Crippen molar-refractivity contribution in [2.75, 3.05) is 12.4 Å². The average Bonchev–Trinajstić information content (AvgIpc) is 2.47. The molecule has 21 heavy (non-hydrogen) atoms. The van der Waals surface area contributed by atoms with Gasteiger partial charge in [0.05, 0.1) is 12.8 Å². The summed E-state index contributed by atoms with van der Waals surface area (Å²) in [5, 5.41) is 2.75. The largest absolute Gasteiger partial charge is 0.495 e. The van der Waals surface area contributed by atoms with Crippen LogP contribution in [0.25, 0.3) is 0 Å². The van der Waals surface area contributed by atoms with Gasteiger partial charge in [-0.15, -0.1) is 0 Å². The summed E-state index contributed by atoms with van der Waals surface area (Å²) in [7, 11) is 1.54. The Balaban J connectivity index is 2.21. The lowest BCUT2D eigenvalue weighted by Crippen LogP contribution is -2.16. The van der Waals surface area contributed by atoms with Crippen LogP contribution in [-0.4, -0.2) is 23.0 Å². The number of carbonyl (C=O) groups excluding carboxylic acids is 1. The molecule has 7 heteroatoms. The number of rotatable bonds is 4. The van der Waals surface area contributed by atoms with Crippen LogP contribution in [0.5, 0.6) is 5.75 Å². The second-order valence-electron chi connectivity index (χ2n) is 4.10. The van der Waals surface area contributed by atoms with Gasteiger partial charge in [-0.3, -0.25) is 9.78 Å². The van der Waals surface area contributed by atoms with Crippen LogP contribution in [-0.2, 0) is 0 Å². The molecule has 1 amide bonds. The Morgan fingerprint density at radius 2 is 2.14 bits per heavy atom. The van der Waals surface area contributed by atoms with Crippen molar-refractivity contribution in [2.24, 2.45) is 5.73 Å². The molecule has 0 fully saturated rings. The van der Waals surface area contributed by atoms with E-state index in [2.05, 4.69) is 26.2 Å². The molecule has 2 rings (SSSR count). The molecule has 0 spiro atoms. The zero-order valence-corrected chi connectivity index (χ0v) is 13.5. The highest BCUT2D eigenvalue weighted by atomic mass is 79.9. The van der Waals surface area contributed by atoms with Crippen molar-refractivity contribution in [2.45, 2.75) is 0 Å². The van der Waals surface area contributed by atoms with Crippen LogP contribution in [0.4, 0.5) is 5.69 Å². The van der Waals surface area contributed by atoms with E-state index in [0.717, 1.165) is 4.47 Å². The van der Waals surface area contributed by atoms with E-state index in [1.54, 1.807) is 24.3 Å². The van der Waals surface area contributed by atoms with Gasteiger partial charge in [-0.1, -0.05) is 28.1 Å². The second-order valence-corrected chi connectivity index (χ2v) is 5.45. The molecule has 0 bridgehead atoms. The minimum Gasteiger partial charge on any atom is -0.495 e. The predicted octanol–water partition coefficient (Wildman–Crippen LogP) is 2.74. The van der Waals surface area contributed by atoms with E-state index in [4.69, 9.17) is 22.7 Å². The molecule has 2 aromatic rings. The van der Waals surface area contributed by atoms with Gasteiger partial charge in [-0.25, -0.2) is 0 Å².